The maximum atomic E-state index is 6.53. The smallest absolute Gasteiger partial charge is 0.497 e. The van der Waals surface area contributed by atoms with Gasteiger partial charge >= 0.3 is 21.1 Å². The van der Waals surface area contributed by atoms with Gasteiger partial charge in [0.1, 0.15) is 0 Å². The van der Waals surface area contributed by atoms with Crippen LogP contribution >= 0.6 is 0 Å². The van der Waals surface area contributed by atoms with E-state index in [-0.39, 0.29) is 21.1 Å². The summed E-state index contributed by atoms with van der Waals surface area (Å²) in [5, 5.41) is 6.26. The summed E-state index contributed by atoms with van der Waals surface area (Å²) in [6, 6.07) is 41.6. The van der Waals surface area contributed by atoms with Crippen LogP contribution in [0.4, 0.5) is 0 Å². The average Bonchev–Trinajstić information content (AvgIpc) is 3.83. The molecule has 0 atom stereocenters. The van der Waals surface area contributed by atoms with Gasteiger partial charge in [-0.15, -0.1) is 12.1 Å². The third kappa shape index (κ3) is 4.80. The van der Waals surface area contributed by atoms with E-state index in [0.717, 1.165) is 54.6 Å². The van der Waals surface area contributed by atoms with Gasteiger partial charge < -0.3 is 13.5 Å². The molecule has 6 heteroatoms. The molecule has 0 spiro atoms. The molecule has 10 rings (SSSR count). The van der Waals surface area contributed by atoms with Crippen molar-refractivity contribution in [3.63, 3.8) is 0 Å². The second kappa shape index (κ2) is 12.2. The minimum absolute atomic E-state index is 0. The number of fused-ring (bicyclic) bond motifs is 12. The first kappa shape index (κ1) is 32.2. The number of ether oxygens (including phenoxy) is 1. The first-order chi connectivity index (χ1) is 24.9. The molecule has 4 aromatic heterocycles. The molecular weight excluding hydrogens is 820 g/mol. The topological polar surface area (TPSA) is 43.8 Å². The minimum Gasteiger partial charge on any atom is -0.497 e. The number of aromatic nitrogens is 4. The van der Waals surface area contributed by atoms with Crippen LogP contribution in [0.15, 0.2) is 122 Å². The molecule has 0 saturated carbocycles. The van der Waals surface area contributed by atoms with Crippen molar-refractivity contribution in [1.82, 2.24) is 18.8 Å². The Bertz CT molecular complexity index is 3020. The van der Waals surface area contributed by atoms with E-state index >= 15 is 0 Å². The van der Waals surface area contributed by atoms with Crippen molar-refractivity contribution in [3.8, 4) is 33.8 Å². The Kier molecular flexibility index (Phi) is 7.53. The van der Waals surface area contributed by atoms with Gasteiger partial charge in [-0.3, -0.25) is 9.97 Å². The number of hydrogen-bond donors (Lipinski definition) is 0. The van der Waals surface area contributed by atoms with Crippen molar-refractivity contribution in [3.05, 3.63) is 156 Å². The van der Waals surface area contributed by atoms with Gasteiger partial charge in [0.25, 0.3) is 0 Å². The molecule has 0 amide bonds. The second-order valence-electron chi connectivity index (χ2n) is 13.5. The van der Waals surface area contributed by atoms with Gasteiger partial charge in [0.05, 0.1) is 11.3 Å². The van der Waals surface area contributed by atoms with Crippen molar-refractivity contribution in [2.24, 2.45) is 0 Å². The van der Waals surface area contributed by atoms with E-state index in [1.54, 1.807) is 0 Å². The maximum absolute atomic E-state index is 6.53. The summed E-state index contributed by atoms with van der Waals surface area (Å²) in [6.45, 7) is 8.80. The zero-order valence-electron chi connectivity index (χ0n) is 29.1. The number of nitrogens with zero attached hydrogens (tertiary/aromatic N) is 4. The number of aryl methyl sites for hydroxylation is 4. The molecular formula is C46H32N4OPt. The molecule has 0 aliphatic carbocycles. The largest absolute Gasteiger partial charge is 2.00 e. The molecule has 0 radical (unpaired) electrons. The van der Waals surface area contributed by atoms with E-state index in [0.29, 0.717) is 11.5 Å². The summed E-state index contributed by atoms with van der Waals surface area (Å²) < 4.78 is 10.9. The van der Waals surface area contributed by atoms with Crippen molar-refractivity contribution < 1.29 is 25.8 Å². The Morgan fingerprint density at radius 1 is 0.538 bits per heavy atom. The monoisotopic (exact) mass is 851 g/mol. The molecule has 0 unspecified atom stereocenters. The number of imidazole rings is 2. The standard InChI is InChI=1S/C46H32N4O.Pt/c1-27-9-7-10-28(2)42(27)31-23-37-35-18-16-33(51-32-15-17-34-36-13-5-6-14-41(36)49-21-19-47-45(49)38(34)25-32)26-39(35)46-48-20-22-50(46)44(37)40(24-31)43-29(3)11-8-12-30(43)4;/h5-24H,1-4H3;/q-2;+2. The fourth-order valence-corrected chi connectivity index (χ4v) is 8.19. The summed E-state index contributed by atoms with van der Waals surface area (Å²) in [5.74, 6) is 1.21. The van der Waals surface area contributed by atoms with Gasteiger partial charge in [0.15, 0.2) is 0 Å². The summed E-state index contributed by atoms with van der Waals surface area (Å²) in [4.78, 5) is 9.57. The number of rotatable bonds is 4. The first-order valence-corrected chi connectivity index (χ1v) is 17.2. The molecule has 0 aliphatic rings. The van der Waals surface area contributed by atoms with Gasteiger partial charge in [-0.2, -0.15) is 0 Å². The van der Waals surface area contributed by atoms with Crippen LogP contribution in [0.2, 0.25) is 0 Å². The van der Waals surface area contributed by atoms with Crippen LogP contribution < -0.4 is 4.74 Å². The minimum atomic E-state index is 0. The van der Waals surface area contributed by atoms with Crippen LogP contribution in [0.5, 0.6) is 11.5 Å². The first-order valence-electron chi connectivity index (χ1n) is 17.2. The van der Waals surface area contributed by atoms with Crippen molar-refractivity contribution in [2.45, 2.75) is 27.7 Å². The van der Waals surface area contributed by atoms with E-state index in [4.69, 9.17) is 9.72 Å². The van der Waals surface area contributed by atoms with E-state index in [2.05, 4.69) is 145 Å². The summed E-state index contributed by atoms with van der Waals surface area (Å²) >= 11 is 0. The fourth-order valence-electron chi connectivity index (χ4n) is 8.19. The molecule has 10 aromatic rings. The van der Waals surface area contributed by atoms with Crippen LogP contribution in [0.1, 0.15) is 22.3 Å². The SMILES string of the molecule is Cc1cccc(C)c1-c1cc(-c2c(C)cccc2C)c2c(c1)c1ccc(Oc3[c-]c4c(cc3)c3ccccc3n3ccnc43)[c-]c1c1nccn12.[Pt+2]. The second-order valence-corrected chi connectivity index (χ2v) is 13.5. The number of benzene rings is 6. The van der Waals surface area contributed by atoms with E-state index in [9.17, 15) is 0 Å². The van der Waals surface area contributed by atoms with E-state index < -0.39 is 0 Å². The number of para-hydroxylation sites is 1. The number of pyridine rings is 2. The van der Waals surface area contributed by atoms with Gasteiger partial charge in [-0.25, -0.2) is 0 Å². The quantitative estimate of drug-likeness (QED) is 0.131. The van der Waals surface area contributed by atoms with Gasteiger partial charge in [0.2, 0.25) is 0 Å². The molecule has 5 nitrogen and oxygen atoms in total. The number of hydrogen-bond acceptors (Lipinski definition) is 3. The molecule has 0 N–H and O–H groups in total. The predicted molar refractivity (Wildman–Crippen MR) is 208 cm³/mol. The third-order valence-corrected chi connectivity index (χ3v) is 10.4. The summed E-state index contributed by atoms with van der Waals surface area (Å²) in [7, 11) is 0. The molecule has 52 heavy (non-hydrogen) atoms. The summed E-state index contributed by atoms with van der Waals surface area (Å²) in [5.41, 5.74) is 13.8. The molecule has 0 aliphatic heterocycles. The van der Waals surface area contributed by atoms with Gasteiger partial charge in [-0.1, -0.05) is 106 Å². The Hall–Kier alpha value is -5.77. The van der Waals surface area contributed by atoms with Crippen molar-refractivity contribution in [2.75, 3.05) is 0 Å². The molecule has 0 saturated heterocycles. The third-order valence-electron chi connectivity index (χ3n) is 10.4. The Balaban J connectivity index is 0.00000360. The summed E-state index contributed by atoms with van der Waals surface area (Å²) in [6.07, 6.45) is 7.76. The Labute approximate surface area is 315 Å². The van der Waals surface area contributed by atoms with Crippen molar-refractivity contribution >= 4 is 54.6 Å². The molecule has 0 bridgehead atoms. The molecule has 252 valence electrons. The van der Waals surface area contributed by atoms with E-state index in [1.165, 1.54) is 44.5 Å². The molecule has 4 heterocycles. The van der Waals surface area contributed by atoms with Crippen LogP contribution in [0.25, 0.3) is 76.9 Å². The predicted octanol–water partition coefficient (Wildman–Crippen LogP) is 11.6. The average molecular weight is 852 g/mol. The maximum Gasteiger partial charge on any atom is 2.00 e. The zero-order chi connectivity index (χ0) is 34.4. The van der Waals surface area contributed by atoms with Crippen LogP contribution in [-0.2, 0) is 21.1 Å². The van der Waals surface area contributed by atoms with E-state index in [1.807, 2.05) is 30.7 Å². The zero-order valence-corrected chi connectivity index (χ0v) is 31.3. The Morgan fingerprint density at radius 3 is 1.75 bits per heavy atom. The van der Waals surface area contributed by atoms with Crippen LogP contribution in [-0.4, -0.2) is 18.8 Å². The fraction of sp³-hybridized carbons (Fsp3) is 0.0870. The van der Waals surface area contributed by atoms with Crippen LogP contribution in [0.3, 0.4) is 0 Å². The molecule has 6 aromatic carbocycles. The van der Waals surface area contributed by atoms with Crippen LogP contribution in [0, 0.1) is 39.8 Å². The normalized spacial score (nSPS) is 11.7. The van der Waals surface area contributed by atoms with Gasteiger partial charge in [-0.05, 0) is 89.5 Å². The van der Waals surface area contributed by atoms with Crippen molar-refractivity contribution in [1.29, 1.82) is 0 Å². The van der Waals surface area contributed by atoms with Gasteiger partial charge in [0, 0.05) is 52.9 Å². The Morgan fingerprint density at radius 2 is 1.10 bits per heavy atom. The molecule has 0 fully saturated rings.